The molecule has 3 heterocycles. The molecule has 3 aromatic rings. The van der Waals surface area contributed by atoms with Crippen LogP contribution < -0.4 is 5.56 Å². The molecule has 0 spiro atoms. The Hall–Kier alpha value is -2.58. The van der Waals surface area contributed by atoms with Gasteiger partial charge >= 0.3 is 0 Å². The van der Waals surface area contributed by atoms with Crippen LogP contribution in [-0.2, 0) is 11.3 Å². The van der Waals surface area contributed by atoms with Crippen molar-refractivity contribution in [1.82, 2.24) is 30.1 Å². The Morgan fingerprint density at radius 1 is 1.14 bits per heavy atom. The molecule has 0 bridgehead atoms. The largest absolute Gasteiger partial charge is 0.377 e. The van der Waals surface area contributed by atoms with Crippen molar-refractivity contribution < 1.29 is 4.74 Å². The molecule has 1 aromatic carbocycles. The number of nitrogens with zero attached hydrogens (tertiary/aromatic N) is 5. The minimum atomic E-state index is -0.0251. The van der Waals surface area contributed by atoms with Crippen molar-refractivity contribution in [2.24, 2.45) is 5.92 Å². The molecule has 2 atom stereocenters. The van der Waals surface area contributed by atoms with Crippen LogP contribution in [0, 0.1) is 19.8 Å². The van der Waals surface area contributed by atoms with Crippen LogP contribution in [-0.4, -0.2) is 49.3 Å². The van der Waals surface area contributed by atoms with E-state index < -0.39 is 0 Å². The van der Waals surface area contributed by atoms with Crippen molar-refractivity contribution in [1.29, 1.82) is 0 Å². The summed E-state index contributed by atoms with van der Waals surface area (Å²) in [7, 11) is 0. The standard InChI is InChI=1S/C28H40N6O2/c1-18(2)26(27-30-31-32-34(27)23-9-6-5-7-10-23)33(17-24-11-8-14-36-24)16-22-15-21-13-12-19(3)20(4)25(21)29-28(22)35/h12-13,15,18,23-24,26H,5-11,14,16-17H2,1-4H3,(H,29,35). The second-order valence-corrected chi connectivity index (χ2v) is 11.1. The highest BCUT2D eigenvalue weighted by molar-refractivity contribution is 5.83. The maximum Gasteiger partial charge on any atom is 0.252 e. The summed E-state index contributed by atoms with van der Waals surface area (Å²) >= 11 is 0. The molecule has 5 rings (SSSR count). The SMILES string of the molecule is Cc1ccc2cc(CN(CC3CCCO3)C(c3nnnn3C3CCCCC3)C(C)C)c(=O)[nH]c2c1C. The smallest absolute Gasteiger partial charge is 0.252 e. The van der Waals surface area contributed by atoms with Gasteiger partial charge in [0.15, 0.2) is 5.82 Å². The van der Waals surface area contributed by atoms with Crippen LogP contribution in [0.3, 0.4) is 0 Å². The Bertz CT molecular complexity index is 1240. The maximum absolute atomic E-state index is 13.3. The van der Waals surface area contributed by atoms with Gasteiger partial charge in [-0.2, -0.15) is 0 Å². The van der Waals surface area contributed by atoms with Gasteiger partial charge in [0.2, 0.25) is 0 Å². The van der Waals surface area contributed by atoms with E-state index in [0.717, 1.165) is 66.7 Å². The van der Waals surface area contributed by atoms with Gasteiger partial charge in [-0.1, -0.05) is 45.2 Å². The average molecular weight is 493 g/mol. The molecule has 2 aromatic heterocycles. The van der Waals surface area contributed by atoms with Crippen LogP contribution in [0.15, 0.2) is 23.0 Å². The first-order valence-electron chi connectivity index (χ1n) is 13.7. The van der Waals surface area contributed by atoms with Crippen LogP contribution in [0.25, 0.3) is 10.9 Å². The molecule has 8 heteroatoms. The van der Waals surface area contributed by atoms with Gasteiger partial charge in [0.25, 0.3) is 5.56 Å². The van der Waals surface area contributed by atoms with Gasteiger partial charge in [-0.15, -0.1) is 5.10 Å². The number of nitrogens with one attached hydrogen (secondary N) is 1. The van der Waals surface area contributed by atoms with Gasteiger partial charge in [-0.05, 0) is 78.5 Å². The van der Waals surface area contributed by atoms with E-state index in [0.29, 0.717) is 12.6 Å². The minimum Gasteiger partial charge on any atom is -0.377 e. The lowest BCUT2D eigenvalue weighted by molar-refractivity contribution is 0.0375. The Kier molecular flexibility index (Phi) is 7.53. The molecular weight excluding hydrogens is 452 g/mol. The number of aromatic nitrogens is 5. The highest BCUT2D eigenvalue weighted by Gasteiger charge is 2.34. The van der Waals surface area contributed by atoms with E-state index in [9.17, 15) is 4.79 Å². The molecule has 2 unspecified atom stereocenters. The molecular formula is C28H40N6O2. The van der Waals surface area contributed by atoms with Crippen LogP contribution in [0.1, 0.15) is 93.4 Å². The van der Waals surface area contributed by atoms with Crippen LogP contribution in [0.5, 0.6) is 0 Å². The molecule has 2 fully saturated rings. The summed E-state index contributed by atoms with van der Waals surface area (Å²) < 4.78 is 8.14. The Balaban J connectivity index is 1.52. The van der Waals surface area contributed by atoms with Crippen molar-refractivity contribution in [3.8, 4) is 0 Å². The number of aromatic amines is 1. The lowest BCUT2D eigenvalue weighted by atomic mass is 9.94. The zero-order valence-corrected chi connectivity index (χ0v) is 22.2. The summed E-state index contributed by atoms with van der Waals surface area (Å²) in [6.45, 7) is 10.7. The van der Waals surface area contributed by atoms with Gasteiger partial charge in [0.05, 0.1) is 23.7 Å². The van der Waals surface area contributed by atoms with Crippen molar-refractivity contribution in [2.75, 3.05) is 13.2 Å². The van der Waals surface area contributed by atoms with Crippen molar-refractivity contribution in [3.05, 3.63) is 51.1 Å². The number of rotatable bonds is 8. The minimum absolute atomic E-state index is 0.0130. The third kappa shape index (κ3) is 5.11. The summed E-state index contributed by atoms with van der Waals surface area (Å²) in [6.07, 6.45) is 8.27. The number of pyridine rings is 1. The zero-order chi connectivity index (χ0) is 25.2. The lowest BCUT2D eigenvalue weighted by Crippen LogP contribution is -2.40. The topological polar surface area (TPSA) is 88.9 Å². The summed E-state index contributed by atoms with van der Waals surface area (Å²) in [6, 6.07) is 6.63. The van der Waals surface area contributed by atoms with Crippen molar-refractivity contribution in [2.45, 2.75) is 97.4 Å². The van der Waals surface area contributed by atoms with Gasteiger partial charge in [-0.25, -0.2) is 4.68 Å². The first-order chi connectivity index (χ1) is 17.4. The van der Waals surface area contributed by atoms with E-state index in [-0.39, 0.29) is 23.6 Å². The van der Waals surface area contributed by atoms with Crippen molar-refractivity contribution in [3.63, 3.8) is 0 Å². The number of benzene rings is 1. The van der Waals surface area contributed by atoms with Crippen LogP contribution in [0.2, 0.25) is 0 Å². The van der Waals surface area contributed by atoms with Crippen LogP contribution in [0.4, 0.5) is 0 Å². The highest BCUT2D eigenvalue weighted by Crippen LogP contribution is 2.34. The van der Waals surface area contributed by atoms with Gasteiger partial charge in [0, 0.05) is 25.3 Å². The van der Waals surface area contributed by atoms with E-state index in [1.54, 1.807) is 0 Å². The lowest BCUT2D eigenvalue weighted by Gasteiger charge is -2.36. The molecule has 2 aliphatic rings. The number of aryl methyl sites for hydroxylation is 2. The fourth-order valence-electron chi connectivity index (χ4n) is 6.10. The fourth-order valence-corrected chi connectivity index (χ4v) is 6.10. The van der Waals surface area contributed by atoms with E-state index >= 15 is 0 Å². The van der Waals surface area contributed by atoms with E-state index in [1.807, 2.05) is 0 Å². The first-order valence-corrected chi connectivity index (χ1v) is 13.7. The number of hydrogen-bond acceptors (Lipinski definition) is 6. The zero-order valence-electron chi connectivity index (χ0n) is 22.2. The molecule has 1 saturated heterocycles. The number of hydrogen-bond donors (Lipinski definition) is 1. The fraction of sp³-hybridized carbons (Fsp3) is 0.643. The monoisotopic (exact) mass is 492 g/mol. The number of H-pyrrole nitrogens is 1. The Labute approximate surface area is 213 Å². The molecule has 1 aliphatic heterocycles. The second-order valence-electron chi connectivity index (χ2n) is 11.1. The third-order valence-electron chi connectivity index (χ3n) is 8.19. The molecule has 36 heavy (non-hydrogen) atoms. The number of fused-ring (bicyclic) bond motifs is 1. The number of ether oxygens (including phenoxy) is 1. The molecule has 1 N–H and O–H groups in total. The summed E-state index contributed by atoms with van der Waals surface area (Å²) in [4.78, 5) is 18.9. The van der Waals surface area contributed by atoms with E-state index in [2.05, 4.69) is 76.0 Å². The van der Waals surface area contributed by atoms with Crippen molar-refractivity contribution >= 4 is 10.9 Å². The third-order valence-corrected chi connectivity index (χ3v) is 8.19. The highest BCUT2D eigenvalue weighted by atomic mass is 16.5. The molecule has 8 nitrogen and oxygen atoms in total. The molecule has 1 aliphatic carbocycles. The first kappa shape index (κ1) is 25.1. The average Bonchev–Trinajstić information content (AvgIpc) is 3.56. The van der Waals surface area contributed by atoms with E-state index in [4.69, 9.17) is 4.74 Å². The predicted molar refractivity (Wildman–Crippen MR) is 141 cm³/mol. The Morgan fingerprint density at radius 3 is 2.67 bits per heavy atom. The summed E-state index contributed by atoms with van der Waals surface area (Å²) in [5.41, 5.74) is 3.98. The van der Waals surface area contributed by atoms with Gasteiger partial charge in [0.1, 0.15) is 0 Å². The number of tetrazole rings is 1. The summed E-state index contributed by atoms with van der Waals surface area (Å²) in [5, 5.41) is 14.3. The quantitative estimate of drug-likeness (QED) is 0.475. The van der Waals surface area contributed by atoms with Gasteiger partial charge in [-0.3, -0.25) is 9.69 Å². The summed E-state index contributed by atoms with van der Waals surface area (Å²) in [5.74, 6) is 1.18. The normalized spacial score (nSPS) is 20.1. The predicted octanol–water partition coefficient (Wildman–Crippen LogP) is 5.01. The van der Waals surface area contributed by atoms with Gasteiger partial charge < -0.3 is 9.72 Å². The molecule has 194 valence electrons. The maximum atomic E-state index is 13.3. The van der Waals surface area contributed by atoms with Crippen LogP contribution >= 0.6 is 0 Å². The Morgan fingerprint density at radius 2 is 1.94 bits per heavy atom. The molecule has 0 radical (unpaired) electrons. The second kappa shape index (κ2) is 10.8. The van der Waals surface area contributed by atoms with E-state index in [1.165, 1.54) is 24.8 Å². The molecule has 1 saturated carbocycles. The molecule has 0 amide bonds.